The molecule has 0 radical (unpaired) electrons. The SMILES string of the molecule is CN(C1CCOCC1)S(=O)(=O)CCO. The molecule has 1 saturated heterocycles. The second-order valence-electron chi connectivity index (χ2n) is 3.40. The van der Waals surface area contributed by atoms with Crippen LogP contribution >= 0.6 is 0 Å². The van der Waals surface area contributed by atoms with Crippen LogP contribution in [0, 0.1) is 0 Å². The van der Waals surface area contributed by atoms with Crippen molar-refractivity contribution < 1.29 is 18.3 Å². The fourth-order valence-corrected chi connectivity index (χ4v) is 2.72. The highest BCUT2D eigenvalue weighted by Crippen LogP contribution is 2.15. The van der Waals surface area contributed by atoms with E-state index in [0.29, 0.717) is 13.2 Å². The van der Waals surface area contributed by atoms with E-state index in [1.54, 1.807) is 7.05 Å². The molecule has 1 fully saturated rings. The number of nitrogens with zero attached hydrogens (tertiary/aromatic N) is 1. The third-order valence-electron chi connectivity index (χ3n) is 2.49. The van der Waals surface area contributed by atoms with Crippen molar-refractivity contribution in [2.24, 2.45) is 0 Å². The highest BCUT2D eigenvalue weighted by molar-refractivity contribution is 7.89. The molecule has 1 N–H and O–H groups in total. The Morgan fingerprint density at radius 1 is 1.43 bits per heavy atom. The second kappa shape index (κ2) is 5.06. The number of hydrogen-bond donors (Lipinski definition) is 1. The summed E-state index contributed by atoms with van der Waals surface area (Å²) in [5.74, 6) is -0.194. The van der Waals surface area contributed by atoms with Gasteiger partial charge in [0.2, 0.25) is 10.0 Å². The Hall–Kier alpha value is -0.170. The smallest absolute Gasteiger partial charge is 0.216 e. The highest BCUT2D eigenvalue weighted by atomic mass is 32.2. The second-order valence-corrected chi connectivity index (χ2v) is 5.55. The summed E-state index contributed by atoms with van der Waals surface area (Å²) < 4.78 is 29.6. The van der Waals surface area contributed by atoms with Crippen molar-refractivity contribution in [3.63, 3.8) is 0 Å². The molecule has 0 unspecified atom stereocenters. The minimum atomic E-state index is -3.28. The van der Waals surface area contributed by atoms with Crippen LogP contribution in [0.15, 0.2) is 0 Å². The molecular formula is C8H17NO4S. The molecule has 1 rings (SSSR count). The maximum absolute atomic E-state index is 11.6. The van der Waals surface area contributed by atoms with Crippen molar-refractivity contribution in [1.82, 2.24) is 4.31 Å². The van der Waals surface area contributed by atoms with E-state index >= 15 is 0 Å². The standard InChI is InChI=1S/C8H17NO4S/c1-9(14(11,12)7-4-10)8-2-5-13-6-3-8/h8,10H,2-7H2,1H3. The van der Waals surface area contributed by atoms with E-state index in [-0.39, 0.29) is 18.4 Å². The zero-order valence-electron chi connectivity index (χ0n) is 8.35. The van der Waals surface area contributed by atoms with Crippen LogP contribution in [0.3, 0.4) is 0 Å². The first kappa shape index (κ1) is 11.9. The third kappa shape index (κ3) is 2.91. The number of hydrogen-bond acceptors (Lipinski definition) is 4. The largest absolute Gasteiger partial charge is 0.395 e. The van der Waals surface area contributed by atoms with Crippen molar-refractivity contribution in [3.8, 4) is 0 Å². The normalized spacial score (nSPS) is 20.2. The Labute approximate surface area is 84.7 Å². The maximum atomic E-state index is 11.6. The Balaban J connectivity index is 2.58. The molecule has 0 bridgehead atoms. The molecule has 0 saturated carbocycles. The molecule has 1 heterocycles. The van der Waals surface area contributed by atoms with Gasteiger partial charge in [-0.3, -0.25) is 0 Å². The number of rotatable bonds is 4. The van der Waals surface area contributed by atoms with Gasteiger partial charge in [0.25, 0.3) is 0 Å². The summed E-state index contributed by atoms with van der Waals surface area (Å²) in [6.07, 6.45) is 1.47. The first-order valence-corrected chi connectivity index (χ1v) is 6.33. The van der Waals surface area contributed by atoms with Crippen LogP contribution in [0.4, 0.5) is 0 Å². The molecule has 0 spiro atoms. The van der Waals surface area contributed by atoms with Gasteiger partial charge < -0.3 is 9.84 Å². The predicted octanol–water partition coefficient (Wildman–Crippen LogP) is -0.581. The van der Waals surface area contributed by atoms with Crippen LogP contribution in [-0.2, 0) is 14.8 Å². The Morgan fingerprint density at radius 2 is 2.00 bits per heavy atom. The van der Waals surface area contributed by atoms with E-state index in [1.165, 1.54) is 4.31 Å². The van der Waals surface area contributed by atoms with Crippen LogP contribution in [0.5, 0.6) is 0 Å². The van der Waals surface area contributed by atoms with Crippen molar-refractivity contribution in [2.75, 3.05) is 32.6 Å². The summed E-state index contributed by atoms with van der Waals surface area (Å²) >= 11 is 0. The first-order chi connectivity index (χ1) is 6.58. The maximum Gasteiger partial charge on any atom is 0.216 e. The summed E-state index contributed by atoms with van der Waals surface area (Å²) in [4.78, 5) is 0. The lowest BCUT2D eigenvalue weighted by Crippen LogP contribution is -2.42. The van der Waals surface area contributed by atoms with Gasteiger partial charge in [-0.25, -0.2) is 12.7 Å². The minimum absolute atomic E-state index is 0.0281. The fraction of sp³-hybridized carbons (Fsp3) is 1.00. The minimum Gasteiger partial charge on any atom is -0.395 e. The average molecular weight is 223 g/mol. The average Bonchev–Trinajstić information content (AvgIpc) is 2.18. The predicted molar refractivity (Wildman–Crippen MR) is 52.5 cm³/mol. The molecule has 6 heteroatoms. The van der Waals surface area contributed by atoms with Gasteiger partial charge in [0, 0.05) is 26.3 Å². The summed E-state index contributed by atoms with van der Waals surface area (Å²) in [6, 6.07) is 0.0281. The molecule has 14 heavy (non-hydrogen) atoms. The molecule has 1 aliphatic rings. The van der Waals surface area contributed by atoms with Crippen molar-refractivity contribution in [3.05, 3.63) is 0 Å². The van der Waals surface area contributed by atoms with E-state index in [0.717, 1.165) is 12.8 Å². The topological polar surface area (TPSA) is 66.8 Å². The van der Waals surface area contributed by atoms with Crippen LogP contribution < -0.4 is 0 Å². The molecule has 0 aromatic carbocycles. The van der Waals surface area contributed by atoms with Crippen molar-refractivity contribution in [1.29, 1.82) is 0 Å². The van der Waals surface area contributed by atoms with E-state index in [4.69, 9.17) is 9.84 Å². The van der Waals surface area contributed by atoms with Gasteiger partial charge in [0.05, 0.1) is 12.4 Å². The monoisotopic (exact) mass is 223 g/mol. The third-order valence-corrected chi connectivity index (χ3v) is 4.37. The highest BCUT2D eigenvalue weighted by Gasteiger charge is 2.27. The van der Waals surface area contributed by atoms with Gasteiger partial charge in [-0.05, 0) is 12.8 Å². The summed E-state index contributed by atoms with van der Waals surface area (Å²) in [5.41, 5.74) is 0. The lowest BCUT2D eigenvalue weighted by atomic mass is 10.1. The Kier molecular flexibility index (Phi) is 4.31. The molecular weight excluding hydrogens is 206 g/mol. The van der Waals surface area contributed by atoms with Crippen LogP contribution in [0.25, 0.3) is 0 Å². The molecule has 5 nitrogen and oxygen atoms in total. The number of aliphatic hydroxyl groups excluding tert-OH is 1. The van der Waals surface area contributed by atoms with E-state index < -0.39 is 10.0 Å². The fourth-order valence-electron chi connectivity index (χ4n) is 1.54. The molecule has 0 atom stereocenters. The van der Waals surface area contributed by atoms with Crippen molar-refractivity contribution >= 4 is 10.0 Å². The lowest BCUT2D eigenvalue weighted by molar-refractivity contribution is 0.0631. The van der Waals surface area contributed by atoms with Gasteiger partial charge >= 0.3 is 0 Å². The van der Waals surface area contributed by atoms with E-state index in [1.807, 2.05) is 0 Å². The van der Waals surface area contributed by atoms with Gasteiger partial charge in [-0.2, -0.15) is 0 Å². The molecule has 1 aliphatic heterocycles. The summed E-state index contributed by atoms with van der Waals surface area (Å²) in [6.45, 7) is 0.906. The summed E-state index contributed by atoms with van der Waals surface area (Å²) in [5, 5.41) is 8.62. The van der Waals surface area contributed by atoms with Crippen LogP contribution in [-0.4, -0.2) is 56.5 Å². The van der Waals surface area contributed by atoms with Crippen LogP contribution in [0.2, 0.25) is 0 Å². The lowest BCUT2D eigenvalue weighted by Gasteiger charge is -2.30. The number of ether oxygens (including phenoxy) is 1. The first-order valence-electron chi connectivity index (χ1n) is 4.72. The van der Waals surface area contributed by atoms with Gasteiger partial charge in [-0.15, -0.1) is 0 Å². The molecule has 84 valence electrons. The van der Waals surface area contributed by atoms with Gasteiger partial charge in [0.1, 0.15) is 0 Å². The Morgan fingerprint density at radius 3 is 2.50 bits per heavy atom. The molecule has 0 amide bonds. The molecule has 0 aromatic heterocycles. The number of sulfonamides is 1. The zero-order chi connectivity index (χ0) is 10.6. The summed E-state index contributed by atoms with van der Waals surface area (Å²) in [7, 11) is -1.71. The molecule has 0 aromatic rings. The van der Waals surface area contributed by atoms with Crippen molar-refractivity contribution in [2.45, 2.75) is 18.9 Å². The van der Waals surface area contributed by atoms with E-state index in [2.05, 4.69) is 0 Å². The quantitative estimate of drug-likeness (QED) is 0.692. The van der Waals surface area contributed by atoms with Gasteiger partial charge in [0.15, 0.2) is 0 Å². The molecule has 0 aliphatic carbocycles. The number of aliphatic hydroxyl groups is 1. The van der Waals surface area contributed by atoms with E-state index in [9.17, 15) is 8.42 Å². The Bertz CT molecular complexity index is 259. The van der Waals surface area contributed by atoms with Gasteiger partial charge in [-0.1, -0.05) is 0 Å². The zero-order valence-corrected chi connectivity index (χ0v) is 9.16. The van der Waals surface area contributed by atoms with Crippen LogP contribution in [0.1, 0.15) is 12.8 Å².